The highest BCUT2D eigenvalue weighted by Gasteiger charge is 2.14. The zero-order valence-electron chi connectivity index (χ0n) is 11.3. The van der Waals surface area contributed by atoms with Crippen molar-refractivity contribution < 1.29 is 9.52 Å². The normalized spacial score (nSPS) is 13.1. The molecule has 19 heavy (non-hydrogen) atoms. The van der Waals surface area contributed by atoms with Gasteiger partial charge in [0, 0.05) is 11.4 Å². The van der Waals surface area contributed by atoms with Crippen LogP contribution in [-0.4, -0.2) is 30.6 Å². The van der Waals surface area contributed by atoms with Crippen LogP contribution in [-0.2, 0) is 13.2 Å². The third kappa shape index (κ3) is 3.91. The number of rotatable bonds is 7. The predicted octanol–water partition coefficient (Wildman–Crippen LogP) is 2.23. The summed E-state index contributed by atoms with van der Waals surface area (Å²) >= 11 is 1.78. The molecule has 5 heteroatoms. The second-order valence-corrected chi connectivity index (χ2v) is 5.63. The highest BCUT2D eigenvalue weighted by Crippen LogP contribution is 2.22. The first kappa shape index (κ1) is 14.3. The smallest absolute Gasteiger partial charge is 0.129 e. The summed E-state index contributed by atoms with van der Waals surface area (Å²) in [6, 6.07) is 8.31. The topological polar surface area (TPSA) is 48.6 Å². The summed E-state index contributed by atoms with van der Waals surface area (Å²) in [6.45, 7) is 1.49. The maximum Gasteiger partial charge on any atom is 0.129 e. The lowest BCUT2D eigenvalue weighted by atomic mass is 10.2. The quantitative estimate of drug-likeness (QED) is 0.816. The van der Waals surface area contributed by atoms with E-state index in [4.69, 9.17) is 9.52 Å². The molecule has 1 atom stereocenters. The first-order valence-corrected chi connectivity index (χ1v) is 7.17. The first-order valence-electron chi connectivity index (χ1n) is 6.29. The van der Waals surface area contributed by atoms with E-state index in [1.807, 2.05) is 6.07 Å². The largest absolute Gasteiger partial charge is 0.462 e. The summed E-state index contributed by atoms with van der Waals surface area (Å²) in [5, 5.41) is 14.4. The fraction of sp³-hybridized carbons (Fsp3) is 0.429. The second kappa shape index (κ2) is 6.86. The Morgan fingerprint density at radius 3 is 2.68 bits per heavy atom. The van der Waals surface area contributed by atoms with E-state index in [9.17, 15) is 0 Å². The minimum absolute atomic E-state index is 0.0461. The molecule has 104 valence electrons. The van der Waals surface area contributed by atoms with Crippen molar-refractivity contribution in [2.45, 2.75) is 19.2 Å². The zero-order chi connectivity index (χ0) is 13.7. The summed E-state index contributed by atoms with van der Waals surface area (Å²) in [4.78, 5) is 3.56. The van der Waals surface area contributed by atoms with E-state index in [0.717, 1.165) is 12.3 Å². The Labute approximate surface area is 117 Å². The Bertz CT molecular complexity index is 479. The SMILES string of the molecule is CN(C)C(CNCc1ccc(CO)o1)c1cccs1. The molecule has 0 aromatic carbocycles. The highest BCUT2D eigenvalue weighted by atomic mass is 32.1. The molecule has 0 bridgehead atoms. The van der Waals surface area contributed by atoms with Gasteiger partial charge < -0.3 is 19.7 Å². The minimum atomic E-state index is -0.0461. The molecule has 0 spiro atoms. The van der Waals surface area contributed by atoms with Crippen molar-refractivity contribution in [1.82, 2.24) is 10.2 Å². The van der Waals surface area contributed by atoms with Crippen LogP contribution in [0, 0.1) is 0 Å². The van der Waals surface area contributed by atoms with Gasteiger partial charge in [0.2, 0.25) is 0 Å². The number of aliphatic hydroxyl groups excluding tert-OH is 1. The van der Waals surface area contributed by atoms with E-state index in [2.05, 4.69) is 41.8 Å². The van der Waals surface area contributed by atoms with E-state index in [1.165, 1.54) is 4.88 Å². The molecule has 0 radical (unpaired) electrons. The van der Waals surface area contributed by atoms with E-state index >= 15 is 0 Å². The Morgan fingerprint density at radius 1 is 1.32 bits per heavy atom. The maximum atomic E-state index is 8.94. The summed E-state index contributed by atoms with van der Waals surface area (Å²) in [7, 11) is 4.17. The number of thiophene rings is 1. The first-order chi connectivity index (χ1) is 9.20. The van der Waals surface area contributed by atoms with Crippen LogP contribution < -0.4 is 5.32 Å². The average Bonchev–Trinajstić information content (AvgIpc) is 3.05. The zero-order valence-corrected chi connectivity index (χ0v) is 12.1. The molecule has 2 heterocycles. The number of hydrogen-bond donors (Lipinski definition) is 2. The molecule has 0 saturated heterocycles. The molecule has 0 aliphatic heterocycles. The van der Waals surface area contributed by atoms with Gasteiger partial charge in [-0.15, -0.1) is 11.3 Å². The summed E-state index contributed by atoms with van der Waals surface area (Å²) in [6.07, 6.45) is 0. The summed E-state index contributed by atoms with van der Waals surface area (Å²) in [5.74, 6) is 1.46. The van der Waals surface area contributed by atoms with Crippen LogP contribution in [0.1, 0.15) is 22.4 Å². The Morgan fingerprint density at radius 2 is 2.11 bits per heavy atom. The van der Waals surface area contributed by atoms with Crippen LogP contribution in [0.3, 0.4) is 0 Å². The van der Waals surface area contributed by atoms with Gasteiger partial charge in [-0.2, -0.15) is 0 Å². The van der Waals surface area contributed by atoms with Crippen molar-refractivity contribution in [3.8, 4) is 0 Å². The Balaban J connectivity index is 1.86. The monoisotopic (exact) mass is 280 g/mol. The Hall–Kier alpha value is -1.14. The molecule has 1 unspecified atom stereocenters. The predicted molar refractivity (Wildman–Crippen MR) is 77.1 cm³/mol. The Kier molecular flexibility index (Phi) is 5.15. The standard InChI is InChI=1S/C14H20N2O2S/c1-16(2)13(14-4-3-7-19-14)9-15-8-11-5-6-12(10-17)18-11/h3-7,13,15,17H,8-10H2,1-2H3. The van der Waals surface area contributed by atoms with Gasteiger partial charge in [0.25, 0.3) is 0 Å². The lowest BCUT2D eigenvalue weighted by Crippen LogP contribution is -2.30. The number of nitrogens with zero attached hydrogens (tertiary/aromatic N) is 1. The van der Waals surface area contributed by atoms with Crippen molar-refractivity contribution in [2.24, 2.45) is 0 Å². The van der Waals surface area contributed by atoms with Gasteiger partial charge in [0.05, 0.1) is 12.6 Å². The molecule has 2 N–H and O–H groups in total. The molecular weight excluding hydrogens is 260 g/mol. The molecule has 0 fully saturated rings. The van der Waals surface area contributed by atoms with Gasteiger partial charge in [-0.3, -0.25) is 0 Å². The molecule has 2 aromatic heterocycles. The van der Waals surface area contributed by atoms with Crippen molar-refractivity contribution in [3.63, 3.8) is 0 Å². The van der Waals surface area contributed by atoms with Crippen molar-refractivity contribution in [2.75, 3.05) is 20.6 Å². The van der Waals surface area contributed by atoms with Crippen molar-refractivity contribution in [1.29, 1.82) is 0 Å². The van der Waals surface area contributed by atoms with Crippen LogP contribution >= 0.6 is 11.3 Å². The number of hydrogen-bond acceptors (Lipinski definition) is 5. The molecule has 2 aromatic rings. The minimum Gasteiger partial charge on any atom is -0.462 e. The molecule has 0 aliphatic carbocycles. The molecule has 0 aliphatic rings. The van der Waals surface area contributed by atoms with E-state index in [-0.39, 0.29) is 6.61 Å². The van der Waals surface area contributed by atoms with Gasteiger partial charge in [-0.1, -0.05) is 6.07 Å². The average molecular weight is 280 g/mol. The number of aliphatic hydroxyl groups is 1. The molecule has 4 nitrogen and oxygen atoms in total. The lowest BCUT2D eigenvalue weighted by Gasteiger charge is -2.23. The van der Waals surface area contributed by atoms with Crippen LogP contribution in [0.25, 0.3) is 0 Å². The van der Waals surface area contributed by atoms with E-state index in [1.54, 1.807) is 17.4 Å². The molecule has 0 amide bonds. The molecular formula is C14H20N2O2S. The fourth-order valence-electron chi connectivity index (χ4n) is 1.95. The second-order valence-electron chi connectivity index (χ2n) is 4.65. The van der Waals surface area contributed by atoms with Crippen LogP contribution in [0.5, 0.6) is 0 Å². The summed E-state index contributed by atoms with van der Waals surface area (Å²) in [5.41, 5.74) is 0. The molecule has 2 rings (SSSR count). The van der Waals surface area contributed by atoms with Crippen molar-refractivity contribution >= 4 is 11.3 Å². The van der Waals surface area contributed by atoms with Gasteiger partial charge in [-0.05, 0) is 37.7 Å². The number of furan rings is 1. The fourth-order valence-corrected chi connectivity index (χ4v) is 2.88. The van der Waals surface area contributed by atoms with Gasteiger partial charge in [-0.25, -0.2) is 0 Å². The highest BCUT2D eigenvalue weighted by molar-refractivity contribution is 7.10. The third-order valence-electron chi connectivity index (χ3n) is 3.01. The third-order valence-corrected chi connectivity index (χ3v) is 3.98. The van der Waals surface area contributed by atoms with Gasteiger partial charge in [0.1, 0.15) is 18.1 Å². The van der Waals surface area contributed by atoms with Crippen LogP contribution in [0.15, 0.2) is 34.1 Å². The van der Waals surface area contributed by atoms with Gasteiger partial charge >= 0.3 is 0 Å². The number of likely N-dealkylation sites (N-methyl/N-ethyl adjacent to an activating group) is 1. The van der Waals surface area contributed by atoms with Crippen LogP contribution in [0.4, 0.5) is 0 Å². The van der Waals surface area contributed by atoms with Crippen molar-refractivity contribution in [3.05, 3.63) is 46.0 Å². The van der Waals surface area contributed by atoms with Gasteiger partial charge in [0.15, 0.2) is 0 Å². The maximum absolute atomic E-state index is 8.94. The number of nitrogens with one attached hydrogen (secondary N) is 1. The van der Waals surface area contributed by atoms with E-state index in [0.29, 0.717) is 18.3 Å². The van der Waals surface area contributed by atoms with E-state index < -0.39 is 0 Å². The lowest BCUT2D eigenvalue weighted by molar-refractivity contribution is 0.241. The molecule has 0 saturated carbocycles. The summed E-state index contributed by atoms with van der Waals surface area (Å²) < 4.78 is 5.44. The van der Waals surface area contributed by atoms with Crippen LogP contribution in [0.2, 0.25) is 0 Å².